The number of aryl methyl sites for hydroxylation is 1. The Morgan fingerprint density at radius 1 is 0.941 bits per heavy atom. The Morgan fingerprint density at radius 2 is 1.53 bits per heavy atom. The molecule has 100 valence electrons. The highest BCUT2D eigenvalue weighted by Crippen LogP contribution is 2.10. The molecule has 1 heterocycles. The molecule has 5 N–H and O–H groups in total. The van der Waals surface area contributed by atoms with Crippen molar-refractivity contribution in [1.29, 1.82) is 0 Å². The molecule has 0 aliphatic heterocycles. The molecule has 0 aromatic carbocycles. The number of aromatic amines is 1. The lowest BCUT2D eigenvalue weighted by Crippen LogP contribution is -2.02. The monoisotopic (exact) mass is 239 g/mol. The van der Waals surface area contributed by atoms with Crippen LogP contribution >= 0.6 is 0 Å². The molecule has 0 aliphatic carbocycles. The summed E-state index contributed by atoms with van der Waals surface area (Å²) in [5.74, 6) is 8.00. The minimum absolute atomic E-state index is 1.22. The Morgan fingerprint density at radius 3 is 2.06 bits per heavy atom. The molecule has 3 nitrogen and oxygen atoms in total. The summed E-state index contributed by atoms with van der Waals surface area (Å²) < 4.78 is 0. The van der Waals surface area contributed by atoms with Gasteiger partial charge in [0.15, 0.2) is 0 Å². The topological polar surface area (TPSA) is 67.8 Å². The summed E-state index contributed by atoms with van der Waals surface area (Å²) in [4.78, 5) is 3.26. The average molecular weight is 239 g/mol. The minimum atomic E-state index is 1.22. The van der Waals surface area contributed by atoms with Crippen molar-refractivity contribution >= 4 is 0 Å². The van der Waals surface area contributed by atoms with Gasteiger partial charge in [-0.25, -0.2) is 0 Å². The minimum Gasteiger partial charge on any atom is -0.365 e. The zero-order valence-electron chi connectivity index (χ0n) is 11.3. The summed E-state index contributed by atoms with van der Waals surface area (Å²) in [6.45, 7) is 2.27. The smallest absolute Gasteiger partial charge is 0.0147 e. The van der Waals surface area contributed by atoms with Gasteiger partial charge in [0.2, 0.25) is 0 Å². The number of nitrogens with two attached hydrogens (primary N) is 2. The summed E-state index contributed by atoms with van der Waals surface area (Å²) >= 11 is 0. The van der Waals surface area contributed by atoms with E-state index >= 15 is 0 Å². The van der Waals surface area contributed by atoms with E-state index in [0.717, 1.165) is 0 Å². The van der Waals surface area contributed by atoms with E-state index in [1.807, 2.05) is 6.20 Å². The molecule has 0 fully saturated rings. The van der Waals surface area contributed by atoms with Crippen LogP contribution in [-0.2, 0) is 6.42 Å². The predicted molar refractivity (Wildman–Crippen MR) is 75.5 cm³/mol. The van der Waals surface area contributed by atoms with Gasteiger partial charge in [0, 0.05) is 11.9 Å². The fourth-order valence-corrected chi connectivity index (χ4v) is 1.97. The first-order valence-corrected chi connectivity index (χ1v) is 6.89. The summed E-state index contributed by atoms with van der Waals surface area (Å²) in [7, 11) is 0. The van der Waals surface area contributed by atoms with Crippen molar-refractivity contribution in [2.75, 3.05) is 0 Å². The number of aromatic nitrogens is 1. The van der Waals surface area contributed by atoms with Crippen molar-refractivity contribution in [3.8, 4) is 0 Å². The highest BCUT2D eigenvalue weighted by atomic mass is 15.0. The number of nitrogens with one attached hydrogen (secondary N) is 1. The maximum atomic E-state index is 4.00. The van der Waals surface area contributed by atoms with Crippen LogP contribution in [0.4, 0.5) is 0 Å². The number of H-pyrrole nitrogens is 1. The van der Waals surface area contributed by atoms with Gasteiger partial charge in [0.25, 0.3) is 0 Å². The van der Waals surface area contributed by atoms with E-state index in [1.165, 1.54) is 63.5 Å². The Labute approximate surface area is 106 Å². The highest BCUT2D eigenvalue weighted by Gasteiger charge is 1.94. The lowest BCUT2D eigenvalue weighted by Gasteiger charge is -2.00. The van der Waals surface area contributed by atoms with Gasteiger partial charge in [0.1, 0.15) is 0 Å². The number of hydrogen-bond acceptors (Lipinski definition) is 2. The summed E-state index contributed by atoms with van der Waals surface area (Å²) in [6.07, 6.45) is 14.5. The lowest BCUT2D eigenvalue weighted by atomic mass is 10.1. The van der Waals surface area contributed by atoms with Crippen molar-refractivity contribution in [2.24, 2.45) is 11.7 Å². The van der Waals surface area contributed by atoms with Gasteiger partial charge in [-0.3, -0.25) is 11.7 Å². The average Bonchev–Trinajstić information content (AvgIpc) is 2.88. The van der Waals surface area contributed by atoms with E-state index in [0.29, 0.717) is 0 Å². The van der Waals surface area contributed by atoms with Crippen LogP contribution < -0.4 is 11.7 Å². The summed E-state index contributed by atoms with van der Waals surface area (Å²) in [5, 5.41) is 0. The first kappa shape index (κ1) is 16.2. The fraction of sp³-hybridized carbons (Fsp3) is 0.714. The van der Waals surface area contributed by atoms with E-state index in [-0.39, 0.29) is 0 Å². The van der Waals surface area contributed by atoms with E-state index in [1.54, 1.807) is 0 Å². The van der Waals surface area contributed by atoms with Crippen molar-refractivity contribution in [1.82, 2.24) is 4.98 Å². The third-order valence-electron chi connectivity index (χ3n) is 2.96. The molecule has 3 heteroatoms. The van der Waals surface area contributed by atoms with Crippen molar-refractivity contribution < 1.29 is 0 Å². The zero-order valence-corrected chi connectivity index (χ0v) is 11.3. The van der Waals surface area contributed by atoms with Gasteiger partial charge in [-0.1, -0.05) is 51.9 Å². The SMILES string of the molecule is CCCCCCCCCCc1ccc[nH]1.NN. The standard InChI is InChI=1S/C14H25N.H4N2/c1-2-3-4-5-6-7-8-9-11-14-12-10-13-15-14;1-2/h10,12-13,15H,2-9,11H2,1H3;1-2H2. The van der Waals surface area contributed by atoms with Gasteiger partial charge in [-0.15, -0.1) is 0 Å². The van der Waals surface area contributed by atoms with Gasteiger partial charge in [0.05, 0.1) is 0 Å². The van der Waals surface area contributed by atoms with E-state index in [9.17, 15) is 0 Å². The molecule has 0 bridgehead atoms. The van der Waals surface area contributed by atoms with Crippen LogP contribution in [0.15, 0.2) is 18.3 Å². The largest absolute Gasteiger partial charge is 0.365 e. The Kier molecular flexibility index (Phi) is 12.6. The molecule has 0 amide bonds. The molecule has 1 aromatic heterocycles. The molecular formula is C14H29N3. The maximum absolute atomic E-state index is 4.00. The molecule has 0 radical (unpaired) electrons. The van der Waals surface area contributed by atoms with Crippen LogP contribution in [0.2, 0.25) is 0 Å². The zero-order chi connectivity index (χ0) is 12.8. The normalized spacial score (nSPS) is 9.82. The van der Waals surface area contributed by atoms with E-state index in [4.69, 9.17) is 0 Å². The van der Waals surface area contributed by atoms with Crippen LogP contribution in [0.3, 0.4) is 0 Å². The second-order valence-corrected chi connectivity index (χ2v) is 4.42. The molecule has 1 rings (SSSR count). The summed E-state index contributed by atoms with van der Waals surface area (Å²) in [6, 6.07) is 4.27. The van der Waals surface area contributed by atoms with Crippen molar-refractivity contribution in [2.45, 2.75) is 64.7 Å². The van der Waals surface area contributed by atoms with Gasteiger partial charge >= 0.3 is 0 Å². The van der Waals surface area contributed by atoms with E-state index in [2.05, 4.69) is 35.7 Å². The van der Waals surface area contributed by atoms with Crippen LogP contribution in [-0.4, -0.2) is 4.98 Å². The van der Waals surface area contributed by atoms with Gasteiger partial charge in [-0.2, -0.15) is 0 Å². The molecule has 0 saturated carbocycles. The fourth-order valence-electron chi connectivity index (χ4n) is 1.97. The van der Waals surface area contributed by atoms with Crippen LogP contribution in [0.1, 0.15) is 64.0 Å². The third-order valence-corrected chi connectivity index (χ3v) is 2.96. The molecule has 1 aromatic rings. The van der Waals surface area contributed by atoms with Gasteiger partial charge < -0.3 is 4.98 Å². The second-order valence-electron chi connectivity index (χ2n) is 4.42. The molecular weight excluding hydrogens is 210 g/mol. The van der Waals surface area contributed by atoms with Crippen LogP contribution in [0, 0.1) is 0 Å². The number of hydrogen-bond donors (Lipinski definition) is 3. The maximum Gasteiger partial charge on any atom is 0.0147 e. The molecule has 0 unspecified atom stereocenters. The van der Waals surface area contributed by atoms with Gasteiger partial charge in [-0.05, 0) is 25.0 Å². The van der Waals surface area contributed by atoms with Crippen molar-refractivity contribution in [3.05, 3.63) is 24.0 Å². The quantitative estimate of drug-likeness (QED) is 0.350. The molecule has 17 heavy (non-hydrogen) atoms. The Hall–Kier alpha value is -0.800. The number of hydrazine groups is 1. The first-order chi connectivity index (χ1) is 8.43. The van der Waals surface area contributed by atoms with Crippen LogP contribution in [0.5, 0.6) is 0 Å². The molecule has 0 spiro atoms. The number of unbranched alkanes of at least 4 members (excludes halogenated alkanes) is 7. The summed E-state index contributed by atoms with van der Waals surface area (Å²) in [5.41, 5.74) is 1.39. The van der Waals surface area contributed by atoms with Crippen molar-refractivity contribution in [3.63, 3.8) is 0 Å². The predicted octanol–water partition coefficient (Wildman–Crippen LogP) is 3.52. The van der Waals surface area contributed by atoms with E-state index < -0.39 is 0 Å². The Balaban J connectivity index is 0.00000121. The Bertz CT molecular complexity index is 219. The molecule has 0 aliphatic rings. The first-order valence-electron chi connectivity index (χ1n) is 6.89. The lowest BCUT2D eigenvalue weighted by molar-refractivity contribution is 0.574. The molecule has 0 atom stereocenters. The second kappa shape index (κ2) is 13.3. The third kappa shape index (κ3) is 10.1. The molecule has 0 saturated heterocycles. The highest BCUT2D eigenvalue weighted by molar-refractivity contribution is 5.03. The number of rotatable bonds is 9. The van der Waals surface area contributed by atoms with Crippen LogP contribution in [0.25, 0.3) is 0 Å².